The molecule has 158 valence electrons. The predicted molar refractivity (Wildman–Crippen MR) is 118 cm³/mol. The van der Waals surface area contributed by atoms with Crippen molar-refractivity contribution < 1.29 is 9.53 Å². The molecule has 8 heteroatoms. The van der Waals surface area contributed by atoms with Gasteiger partial charge in [0.25, 0.3) is 0 Å². The fraction of sp³-hybridized carbons (Fsp3) is 0.217. The molecule has 2 aromatic heterocycles. The van der Waals surface area contributed by atoms with Crippen LogP contribution in [-0.4, -0.2) is 32.2 Å². The average molecular weight is 417 g/mol. The number of anilines is 1. The molecule has 0 aliphatic rings. The van der Waals surface area contributed by atoms with Gasteiger partial charge in [-0.25, -0.2) is 0 Å². The first-order valence-electron chi connectivity index (χ1n) is 9.93. The number of carbonyl (C=O) groups is 1. The molecule has 0 bridgehead atoms. The first-order valence-corrected chi connectivity index (χ1v) is 9.93. The van der Waals surface area contributed by atoms with E-state index in [0.29, 0.717) is 23.7 Å². The highest BCUT2D eigenvalue weighted by atomic mass is 16.5. The van der Waals surface area contributed by atoms with Crippen LogP contribution in [0.4, 0.5) is 5.69 Å². The molecular weight excluding hydrogens is 394 g/mol. The largest absolute Gasteiger partial charge is 0.497 e. The van der Waals surface area contributed by atoms with Crippen LogP contribution in [-0.2, 0) is 11.2 Å². The number of hydrogen-bond acceptors (Lipinski definition) is 5. The van der Waals surface area contributed by atoms with E-state index in [4.69, 9.17) is 4.74 Å². The number of nitrogens with one attached hydrogen (secondary N) is 1. The Bertz CT molecular complexity index is 1310. The number of nitrogens with zero attached hydrogens (tertiary/aromatic N) is 4. The summed E-state index contributed by atoms with van der Waals surface area (Å²) in [7, 11) is 1.59. The molecule has 0 spiro atoms. The van der Waals surface area contributed by atoms with Gasteiger partial charge < -0.3 is 10.1 Å². The van der Waals surface area contributed by atoms with Crippen LogP contribution in [0.25, 0.3) is 11.3 Å². The summed E-state index contributed by atoms with van der Waals surface area (Å²) in [4.78, 5) is 25.2. The summed E-state index contributed by atoms with van der Waals surface area (Å²) in [5.74, 6) is 1.15. The fourth-order valence-corrected chi connectivity index (χ4v) is 3.32. The Morgan fingerprint density at radius 1 is 1.03 bits per heavy atom. The number of benzene rings is 2. The van der Waals surface area contributed by atoms with Gasteiger partial charge in [-0.2, -0.15) is 0 Å². The van der Waals surface area contributed by atoms with Crippen molar-refractivity contribution in [2.45, 2.75) is 26.7 Å². The normalized spacial score (nSPS) is 10.9. The van der Waals surface area contributed by atoms with Gasteiger partial charge in [0.1, 0.15) is 11.6 Å². The number of rotatable bonds is 6. The van der Waals surface area contributed by atoms with E-state index in [-0.39, 0.29) is 23.5 Å². The van der Waals surface area contributed by atoms with Gasteiger partial charge in [0.15, 0.2) is 0 Å². The van der Waals surface area contributed by atoms with Gasteiger partial charge in [-0.05, 0) is 61.4 Å². The van der Waals surface area contributed by atoms with Gasteiger partial charge >= 0.3 is 5.56 Å². The molecule has 8 nitrogen and oxygen atoms in total. The van der Waals surface area contributed by atoms with E-state index in [1.807, 2.05) is 32.0 Å². The number of methoxy groups -OCH3 is 1. The Hall–Kier alpha value is -3.94. The Balaban J connectivity index is 1.50. The standard InChI is InChI=1S/C23H23N5O3/c1-15-4-5-17(14-16(15)2)24-21(29)11-10-20-25-26-22-23(30)27(12-13-28(20)22)18-6-8-19(31-3)9-7-18/h4-9,12-14H,10-11H2,1-3H3,(H,24,29). The highest BCUT2D eigenvalue weighted by molar-refractivity contribution is 5.90. The van der Waals surface area contributed by atoms with Crippen molar-refractivity contribution in [2.75, 3.05) is 12.4 Å². The lowest BCUT2D eigenvalue weighted by Crippen LogP contribution is -2.20. The number of carbonyl (C=O) groups excluding carboxylic acids is 1. The van der Waals surface area contributed by atoms with Crippen molar-refractivity contribution in [3.8, 4) is 11.4 Å². The first-order chi connectivity index (χ1) is 15.0. The number of amides is 1. The predicted octanol–water partition coefficient (Wildman–Crippen LogP) is 3.08. The molecule has 0 aliphatic carbocycles. The molecule has 1 N–H and O–H groups in total. The summed E-state index contributed by atoms with van der Waals surface area (Å²) in [5.41, 5.74) is 3.68. The van der Waals surface area contributed by atoms with Crippen LogP contribution in [0.2, 0.25) is 0 Å². The Kier molecular flexibility index (Phi) is 5.53. The van der Waals surface area contributed by atoms with E-state index >= 15 is 0 Å². The molecule has 0 aliphatic heterocycles. The summed E-state index contributed by atoms with van der Waals surface area (Å²) in [5, 5.41) is 11.1. The second-order valence-electron chi connectivity index (χ2n) is 7.33. The number of hydrogen-bond donors (Lipinski definition) is 1. The van der Waals surface area contributed by atoms with E-state index in [9.17, 15) is 9.59 Å². The van der Waals surface area contributed by atoms with Crippen LogP contribution in [0.1, 0.15) is 23.4 Å². The Morgan fingerprint density at radius 3 is 2.52 bits per heavy atom. The van der Waals surface area contributed by atoms with Crippen molar-refractivity contribution in [2.24, 2.45) is 0 Å². The molecule has 0 saturated carbocycles. The Labute approximate surface area is 179 Å². The molecule has 2 heterocycles. The third-order valence-corrected chi connectivity index (χ3v) is 5.26. The lowest BCUT2D eigenvalue weighted by molar-refractivity contribution is -0.116. The second-order valence-corrected chi connectivity index (χ2v) is 7.33. The van der Waals surface area contributed by atoms with E-state index in [0.717, 1.165) is 11.3 Å². The molecule has 4 aromatic rings. The minimum atomic E-state index is -0.286. The molecule has 2 aromatic carbocycles. The fourth-order valence-electron chi connectivity index (χ4n) is 3.32. The van der Waals surface area contributed by atoms with E-state index in [2.05, 4.69) is 15.5 Å². The maximum atomic E-state index is 12.9. The van der Waals surface area contributed by atoms with Crippen molar-refractivity contribution in [1.82, 2.24) is 19.2 Å². The summed E-state index contributed by atoms with van der Waals surface area (Å²) in [6.45, 7) is 4.03. The third kappa shape index (κ3) is 4.18. The van der Waals surface area contributed by atoms with Crippen molar-refractivity contribution in [1.29, 1.82) is 0 Å². The third-order valence-electron chi connectivity index (χ3n) is 5.26. The van der Waals surface area contributed by atoms with Crippen molar-refractivity contribution in [3.63, 3.8) is 0 Å². The van der Waals surface area contributed by atoms with Crippen LogP contribution in [0.15, 0.2) is 59.7 Å². The van der Waals surface area contributed by atoms with Gasteiger partial charge in [-0.15, -0.1) is 10.2 Å². The Morgan fingerprint density at radius 2 is 1.81 bits per heavy atom. The monoisotopic (exact) mass is 417 g/mol. The molecule has 0 saturated heterocycles. The quantitative estimate of drug-likeness (QED) is 0.521. The number of fused-ring (bicyclic) bond motifs is 1. The number of aromatic nitrogens is 4. The zero-order valence-corrected chi connectivity index (χ0v) is 17.6. The zero-order valence-electron chi connectivity index (χ0n) is 17.6. The van der Waals surface area contributed by atoms with Gasteiger partial charge in [-0.1, -0.05) is 6.07 Å². The SMILES string of the molecule is COc1ccc(-n2ccn3c(CCC(=O)Nc4ccc(C)c(C)c4)nnc3c2=O)cc1. The van der Waals surface area contributed by atoms with Crippen LogP contribution in [0.5, 0.6) is 5.75 Å². The van der Waals surface area contributed by atoms with E-state index in [1.165, 1.54) is 10.1 Å². The second kappa shape index (κ2) is 8.43. The molecule has 0 unspecified atom stereocenters. The van der Waals surface area contributed by atoms with Gasteiger partial charge in [0, 0.05) is 36.6 Å². The van der Waals surface area contributed by atoms with Gasteiger partial charge in [-0.3, -0.25) is 18.6 Å². The minimum absolute atomic E-state index is 0.119. The van der Waals surface area contributed by atoms with Crippen LogP contribution in [0, 0.1) is 13.8 Å². The molecule has 4 rings (SSSR count). The molecule has 0 fully saturated rings. The molecule has 0 radical (unpaired) electrons. The minimum Gasteiger partial charge on any atom is -0.497 e. The lowest BCUT2D eigenvalue weighted by atomic mass is 10.1. The summed E-state index contributed by atoms with van der Waals surface area (Å²) < 4.78 is 8.29. The number of ether oxygens (including phenoxy) is 1. The summed E-state index contributed by atoms with van der Waals surface area (Å²) >= 11 is 0. The summed E-state index contributed by atoms with van der Waals surface area (Å²) in [6, 6.07) is 13.0. The summed E-state index contributed by atoms with van der Waals surface area (Å²) in [6.07, 6.45) is 4.00. The molecule has 31 heavy (non-hydrogen) atoms. The highest BCUT2D eigenvalue weighted by Gasteiger charge is 2.13. The lowest BCUT2D eigenvalue weighted by Gasteiger charge is -2.08. The van der Waals surface area contributed by atoms with Crippen molar-refractivity contribution >= 4 is 17.2 Å². The van der Waals surface area contributed by atoms with Crippen LogP contribution < -0.4 is 15.6 Å². The molecule has 0 atom stereocenters. The van der Waals surface area contributed by atoms with Crippen LogP contribution in [0.3, 0.4) is 0 Å². The van der Waals surface area contributed by atoms with E-state index < -0.39 is 0 Å². The van der Waals surface area contributed by atoms with E-state index in [1.54, 1.807) is 48.2 Å². The highest BCUT2D eigenvalue weighted by Crippen LogP contribution is 2.16. The zero-order chi connectivity index (χ0) is 22.0. The molecular formula is C23H23N5O3. The smallest absolute Gasteiger partial charge is 0.300 e. The average Bonchev–Trinajstić information content (AvgIpc) is 3.19. The van der Waals surface area contributed by atoms with Crippen molar-refractivity contribution in [3.05, 3.63) is 82.2 Å². The maximum absolute atomic E-state index is 12.9. The topological polar surface area (TPSA) is 90.5 Å². The van der Waals surface area contributed by atoms with Gasteiger partial charge in [0.2, 0.25) is 11.6 Å². The van der Waals surface area contributed by atoms with Gasteiger partial charge in [0.05, 0.1) is 7.11 Å². The van der Waals surface area contributed by atoms with Crippen LogP contribution >= 0.6 is 0 Å². The first kappa shape index (κ1) is 20.3. The maximum Gasteiger partial charge on any atom is 0.300 e. The number of aryl methyl sites for hydroxylation is 3. The molecule has 1 amide bonds.